The van der Waals surface area contributed by atoms with E-state index in [1.807, 2.05) is 0 Å². The molecule has 0 aromatic carbocycles. The van der Waals surface area contributed by atoms with Crippen LogP contribution in [0.5, 0.6) is 0 Å². The number of rotatable bonds is 24. The van der Waals surface area contributed by atoms with E-state index in [0.29, 0.717) is 6.42 Å². The highest BCUT2D eigenvalue weighted by molar-refractivity contribution is 5.81. The van der Waals surface area contributed by atoms with Crippen LogP contribution in [0.1, 0.15) is 142 Å². The van der Waals surface area contributed by atoms with Gasteiger partial charge >= 0.3 is 11.9 Å². The fourth-order valence-electron chi connectivity index (χ4n) is 3.91. The van der Waals surface area contributed by atoms with Crippen molar-refractivity contribution in [2.75, 3.05) is 6.61 Å². The minimum absolute atomic E-state index is 0.109. The molecule has 0 aliphatic carbocycles. The Kier molecular flexibility index (Phi) is 23.3. The van der Waals surface area contributed by atoms with Crippen LogP contribution in [0, 0.1) is 0 Å². The third-order valence-corrected chi connectivity index (χ3v) is 5.95. The molecule has 0 aliphatic heterocycles. The molecular weight excluding hydrogens is 400 g/mol. The Bertz CT molecular complexity index is 447. The van der Waals surface area contributed by atoms with Gasteiger partial charge in [-0.3, -0.25) is 4.79 Å². The molecule has 0 amide bonds. The fourth-order valence-corrected chi connectivity index (χ4v) is 3.91. The summed E-state index contributed by atoms with van der Waals surface area (Å²) in [6.07, 6.45) is 26.6. The number of carbonyl (C=O) groups excluding carboxylic acids is 2. The van der Waals surface area contributed by atoms with Crippen molar-refractivity contribution in [1.29, 1.82) is 0 Å². The van der Waals surface area contributed by atoms with Gasteiger partial charge in [-0.1, -0.05) is 129 Å². The molecule has 0 saturated carbocycles. The molecule has 0 heterocycles. The molecule has 32 heavy (non-hydrogen) atoms. The van der Waals surface area contributed by atoms with Crippen LogP contribution in [0.15, 0.2) is 12.7 Å². The number of carbonyl (C=O) groups is 2. The SMILES string of the molecule is C=CC(=O)OC(C)COC(=O)CCCCCCCCCCCCCCCCCCCCC. The molecule has 1 unspecified atom stereocenters. The average molecular weight is 453 g/mol. The van der Waals surface area contributed by atoms with E-state index < -0.39 is 12.1 Å². The predicted octanol–water partition coefficient (Wildman–Crippen LogP) is 8.47. The first-order valence-corrected chi connectivity index (χ1v) is 13.6. The molecule has 0 saturated heterocycles. The Morgan fingerprint density at radius 1 is 0.688 bits per heavy atom. The van der Waals surface area contributed by atoms with E-state index in [1.165, 1.54) is 109 Å². The quantitative estimate of drug-likeness (QED) is 0.0837. The Hall–Kier alpha value is -1.32. The maximum atomic E-state index is 11.7. The van der Waals surface area contributed by atoms with Gasteiger partial charge in [0.1, 0.15) is 12.7 Å². The van der Waals surface area contributed by atoms with E-state index >= 15 is 0 Å². The number of esters is 2. The number of hydrogen-bond donors (Lipinski definition) is 0. The summed E-state index contributed by atoms with van der Waals surface area (Å²) in [5.41, 5.74) is 0. The second-order valence-corrected chi connectivity index (χ2v) is 9.25. The Morgan fingerprint density at radius 3 is 1.44 bits per heavy atom. The van der Waals surface area contributed by atoms with Crippen LogP contribution in [0.4, 0.5) is 0 Å². The van der Waals surface area contributed by atoms with Crippen molar-refractivity contribution in [3.05, 3.63) is 12.7 Å². The Morgan fingerprint density at radius 2 is 1.06 bits per heavy atom. The predicted molar refractivity (Wildman–Crippen MR) is 135 cm³/mol. The molecule has 0 aromatic heterocycles. The highest BCUT2D eigenvalue weighted by Gasteiger charge is 2.10. The lowest BCUT2D eigenvalue weighted by atomic mass is 10.0. The van der Waals surface area contributed by atoms with Crippen molar-refractivity contribution >= 4 is 11.9 Å². The monoisotopic (exact) mass is 452 g/mol. The van der Waals surface area contributed by atoms with Crippen LogP contribution >= 0.6 is 0 Å². The van der Waals surface area contributed by atoms with Crippen LogP contribution in [0.2, 0.25) is 0 Å². The molecule has 0 aliphatic rings. The molecular formula is C28H52O4. The van der Waals surface area contributed by atoms with Crippen LogP contribution in [-0.2, 0) is 19.1 Å². The topological polar surface area (TPSA) is 52.6 Å². The molecule has 0 fully saturated rings. The van der Waals surface area contributed by atoms with E-state index in [0.717, 1.165) is 18.9 Å². The molecule has 0 aromatic rings. The maximum Gasteiger partial charge on any atom is 0.330 e. The molecule has 0 spiro atoms. The zero-order valence-electron chi connectivity index (χ0n) is 21.3. The zero-order chi connectivity index (χ0) is 23.7. The highest BCUT2D eigenvalue weighted by Crippen LogP contribution is 2.15. The van der Waals surface area contributed by atoms with Gasteiger partial charge < -0.3 is 9.47 Å². The number of ether oxygens (including phenoxy) is 2. The van der Waals surface area contributed by atoms with Gasteiger partial charge in [0, 0.05) is 12.5 Å². The van der Waals surface area contributed by atoms with Crippen molar-refractivity contribution in [2.45, 2.75) is 148 Å². The summed E-state index contributed by atoms with van der Waals surface area (Å²) in [6.45, 7) is 7.43. The second-order valence-electron chi connectivity index (χ2n) is 9.25. The lowest BCUT2D eigenvalue weighted by Crippen LogP contribution is -2.21. The summed E-state index contributed by atoms with van der Waals surface area (Å²) in [7, 11) is 0. The van der Waals surface area contributed by atoms with Crippen LogP contribution in [0.3, 0.4) is 0 Å². The maximum absolute atomic E-state index is 11.7. The molecule has 0 bridgehead atoms. The summed E-state index contributed by atoms with van der Waals surface area (Å²) in [5.74, 6) is -0.703. The second kappa shape index (κ2) is 24.3. The van der Waals surface area contributed by atoms with E-state index in [-0.39, 0.29) is 12.6 Å². The molecule has 4 nitrogen and oxygen atoms in total. The van der Waals surface area contributed by atoms with E-state index in [9.17, 15) is 9.59 Å². The lowest BCUT2D eigenvalue weighted by Gasteiger charge is -2.12. The number of unbranched alkanes of at least 4 members (excludes halogenated alkanes) is 18. The lowest BCUT2D eigenvalue weighted by molar-refractivity contribution is -0.154. The van der Waals surface area contributed by atoms with Crippen molar-refractivity contribution in [3.8, 4) is 0 Å². The first-order chi connectivity index (χ1) is 15.6. The normalized spacial score (nSPS) is 11.8. The zero-order valence-corrected chi connectivity index (χ0v) is 21.3. The standard InChI is InChI=1S/C28H52O4/c1-4-6-7-8-9-10-11-12-13-14-15-16-17-18-19-20-21-22-23-24-28(30)31-25-26(3)32-27(29)5-2/h5,26H,2,4,6-25H2,1,3H3. The Labute approximate surface area is 198 Å². The van der Waals surface area contributed by atoms with Gasteiger partial charge in [0.25, 0.3) is 0 Å². The first kappa shape index (κ1) is 30.7. The molecule has 0 N–H and O–H groups in total. The molecule has 0 radical (unpaired) electrons. The summed E-state index contributed by atoms with van der Waals surface area (Å²) in [5, 5.41) is 0. The third-order valence-electron chi connectivity index (χ3n) is 5.95. The summed E-state index contributed by atoms with van der Waals surface area (Å²) < 4.78 is 10.1. The highest BCUT2D eigenvalue weighted by atomic mass is 16.6. The third kappa shape index (κ3) is 23.3. The van der Waals surface area contributed by atoms with Crippen LogP contribution in [-0.4, -0.2) is 24.6 Å². The van der Waals surface area contributed by atoms with Crippen LogP contribution in [0.25, 0.3) is 0 Å². The molecule has 1 atom stereocenters. The Balaban J connectivity index is 3.22. The van der Waals surface area contributed by atoms with Gasteiger partial charge in [-0.05, 0) is 13.3 Å². The fraction of sp³-hybridized carbons (Fsp3) is 0.857. The van der Waals surface area contributed by atoms with Gasteiger partial charge in [0.15, 0.2) is 0 Å². The number of hydrogen-bond acceptors (Lipinski definition) is 4. The van der Waals surface area contributed by atoms with Gasteiger partial charge in [-0.25, -0.2) is 4.79 Å². The van der Waals surface area contributed by atoms with Gasteiger partial charge in [-0.2, -0.15) is 0 Å². The van der Waals surface area contributed by atoms with Gasteiger partial charge in [-0.15, -0.1) is 0 Å². The molecule has 188 valence electrons. The largest absolute Gasteiger partial charge is 0.462 e. The summed E-state index contributed by atoms with van der Waals surface area (Å²) in [6, 6.07) is 0. The van der Waals surface area contributed by atoms with Gasteiger partial charge in [0.2, 0.25) is 0 Å². The smallest absolute Gasteiger partial charge is 0.330 e. The van der Waals surface area contributed by atoms with Crippen molar-refractivity contribution in [2.24, 2.45) is 0 Å². The average Bonchev–Trinajstić information content (AvgIpc) is 2.79. The van der Waals surface area contributed by atoms with Gasteiger partial charge in [0.05, 0.1) is 0 Å². The van der Waals surface area contributed by atoms with E-state index in [4.69, 9.17) is 9.47 Å². The van der Waals surface area contributed by atoms with E-state index in [1.54, 1.807) is 6.92 Å². The summed E-state index contributed by atoms with van der Waals surface area (Å²) >= 11 is 0. The van der Waals surface area contributed by atoms with Crippen molar-refractivity contribution in [3.63, 3.8) is 0 Å². The first-order valence-electron chi connectivity index (χ1n) is 13.6. The van der Waals surface area contributed by atoms with Crippen molar-refractivity contribution < 1.29 is 19.1 Å². The van der Waals surface area contributed by atoms with E-state index in [2.05, 4.69) is 13.5 Å². The minimum Gasteiger partial charge on any atom is -0.462 e. The molecule has 0 rings (SSSR count). The van der Waals surface area contributed by atoms with Crippen LogP contribution < -0.4 is 0 Å². The van der Waals surface area contributed by atoms with Crippen molar-refractivity contribution in [1.82, 2.24) is 0 Å². The summed E-state index contributed by atoms with van der Waals surface area (Å²) in [4.78, 5) is 22.7. The molecule has 4 heteroatoms. The minimum atomic E-state index is -0.493.